The van der Waals surface area contributed by atoms with Crippen molar-refractivity contribution in [2.75, 3.05) is 18.5 Å². The molecule has 2 amide bonds. The molecule has 3 rings (SSSR count). The molecule has 0 saturated carbocycles. The summed E-state index contributed by atoms with van der Waals surface area (Å²) in [6, 6.07) is 14.1. The van der Waals surface area contributed by atoms with Crippen LogP contribution in [0.15, 0.2) is 53.3 Å². The third-order valence-corrected chi connectivity index (χ3v) is 4.66. The Labute approximate surface area is 167 Å². The predicted molar refractivity (Wildman–Crippen MR) is 112 cm³/mol. The Balaban J connectivity index is 1.83. The molecule has 7 heteroatoms. The first-order chi connectivity index (χ1) is 13.5. The molecule has 0 fully saturated rings. The number of aryl methyl sites for hydroxylation is 1. The Morgan fingerprint density at radius 3 is 2.64 bits per heavy atom. The number of nitrogens with zero attached hydrogens (tertiary/aromatic N) is 1. The van der Waals surface area contributed by atoms with E-state index in [1.54, 1.807) is 30.3 Å². The van der Waals surface area contributed by atoms with Crippen LogP contribution in [-0.4, -0.2) is 34.2 Å². The van der Waals surface area contributed by atoms with E-state index in [1.807, 2.05) is 25.1 Å². The summed E-state index contributed by atoms with van der Waals surface area (Å²) in [4.78, 5) is 29.6. The molecular weight excluding hydrogens is 378 g/mol. The molecule has 3 aromatic rings. The molecule has 0 saturated heterocycles. The van der Waals surface area contributed by atoms with E-state index in [9.17, 15) is 9.59 Å². The van der Waals surface area contributed by atoms with Crippen LogP contribution < -0.4 is 10.9 Å². The van der Waals surface area contributed by atoms with Crippen LogP contribution in [0.5, 0.6) is 0 Å². The maximum atomic E-state index is 12.7. The number of rotatable bonds is 6. The molecule has 0 aliphatic rings. The third-order valence-electron chi connectivity index (χ3n) is 4.41. The number of carbonyl (C=O) groups excluding carboxylic acids is 1. The molecule has 0 aliphatic heterocycles. The largest absolute Gasteiger partial charge is 0.396 e. The third kappa shape index (κ3) is 4.91. The molecule has 0 aliphatic carbocycles. The summed E-state index contributed by atoms with van der Waals surface area (Å²) in [5.74, 6) is 0. The second-order valence-corrected chi connectivity index (χ2v) is 7.09. The van der Waals surface area contributed by atoms with Gasteiger partial charge in [0.05, 0.1) is 6.54 Å². The molecule has 6 nitrogen and oxygen atoms in total. The Bertz CT molecular complexity index is 1030. The van der Waals surface area contributed by atoms with E-state index >= 15 is 0 Å². The monoisotopic (exact) mass is 399 g/mol. The molecule has 1 heterocycles. The molecule has 28 heavy (non-hydrogen) atoms. The normalized spacial score (nSPS) is 10.8. The number of carbonyl (C=O) groups is 1. The molecule has 1 aromatic heterocycles. The molecule has 0 spiro atoms. The van der Waals surface area contributed by atoms with Crippen LogP contribution in [0.25, 0.3) is 10.9 Å². The Morgan fingerprint density at radius 1 is 1.18 bits per heavy atom. The summed E-state index contributed by atoms with van der Waals surface area (Å²) in [5.41, 5.74) is 2.68. The highest BCUT2D eigenvalue weighted by molar-refractivity contribution is 6.30. The number of benzene rings is 2. The highest BCUT2D eigenvalue weighted by Gasteiger charge is 2.16. The quantitative estimate of drug-likeness (QED) is 0.587. The number of aliphatic hydroxyl groups excluding tert-OH is 1. The number of aliphatic hydroxyl groups is 1. The lowest BCUT2D eigenvalue weighted by Crippen LogP contribution is -2.37. The Hall–Kier alpha value is -2.83. The number of anilines is 1. The van der Waals surface area contributed by atoms with Gasteiger partial charge in [0.15, 0.2) is 0 Å². The van der Waals surface area contributed by atoms with Gasteiger partial charge in [-0.3, -0.25) is 4.79 Å². The van der Waals surface area contributed by atoms with Gasteiger partial charge in [-0.15, -0.1) is 0 Å². The predicted octanol–water partition coefficient (Wildman–Crippen LogP) is 3.91. The average molecular weight is 400 g/mol. The highest BCUT2D eigenvalue weighted by atomic mass is 35.5. The van der Waals surface area contributed by atoms with Gasteiger partial charge in [0.1, 0.15) is 0 Å². The van der Waals surface area contributed by atoms with Crippen LogP contribution in [0.3, 0.4) is 0 Å². The van der Waals surface area contributed by atoms with Gasteiger partial charge in [-0.1, -0.05) is 23.7 Å². The number of fused-ring (bicyclic) bond motifs is 1. The topological polar surface area (TPSA) is 85.4 Å². The Kier molecular flexibility index (Phi) is 6.34. The van der Waals surface area contributed by atoms with E-state index < -0.39 is 0 Å². The van der Waals surface area contributed by atoms with Crippen molar-refractivity contribution in [3.05, 3.63) is 75.0 Å². The molecule has 0 unspecified atom stereocenters. The summed E-state index contributed by atoms with van der Waals surface area (Å²) in [6.07, 6.45) is 0.415. The Morgan fingerprint density at radius 2 is 1.93 bits per heavy atom. The number of pyridine rings is 1. The molecule has 0 bridgehead atoms. The smallest absolute Gasteiger partial charge is 0.322 e. The van der Waals surface area contributed by atoms with Crippen molar-refractivity contribution in [1.82, 2.24) is 9.88 Å². The van der Waals surface area contributed by atoms with E-state index in [1.165, 1.54) is 4.90 Å². The van der Waals surface area contributed by atoms with E-state index in [0.29, 0.717) is 29.2 Å². The van der Waals surface area contributed by atoms with Crippen molar-refractivity contribution >= 4 is 34.2 Å². The first-order valence-corrected chi connectivity index (χ1v) is 9.39. The van der Waals surface area contributed by atoms with Gasteiger partial charge < -0.3 is 20.3 Å². The standard InChI is InChI=1S/C21H22ClN3O3/c1-14-3-4-15-12-16(20(27)24-19(15)11-14)13-25(9-2-10-26)21(28)23-18-7-5-17(22)6-8-18/h3-8,11-12,26H,2,9-10,13H2,1H3,(H,23,28)(H,24,27). The van der Waals surface area contributed by atoms with Gasteiger partial charge in [-0.25, -0.2) is 4.79 Å². The number of hydrogen-bond donors (Lipinski definition) is 3. The fraction of sp³-hybridized carbons (Fsp3) is 0.238. The minimum atomic E-state index is -0.348. The lowest BCUT2D eigenvalue weighted by molar-refractivity contribution is 0.199. The number of urea groups is 1. The zero-order valence-electron chi connectivity index (χ0n) is 15.5. The van der Waals surface area contributed by atoms with Crippen LogP contribution in [-0.2, 0) is 6.54 Å². The maximum absolute atomic E-state index is 12.7. The first-order valence-electron chi connectivity index (χ1n) is 9.01. The summed E-state index contributed by atoms with van der Waals surface area (Å²) < 4.78 is 0. The van der Waals surface area contributed by atoms with Crippen LogP contribution in [0.4, 0.5) is 10.5 Å². The zero-order valence-corrected chi connectivity index (χ0v) is 16.3. The first kappa shape index (κ1) is 19.9. The molecule has 0 radical (unpaired) electrons. The second kappa shape index (κ2) is 8.91. The lowest BCUT2D eigenvalue weighted by atomic mass is 10.1. The molecule has 2 aromatic carbocycles. The number of H-pyrrole nitrogens is 1. The van der Waals surface area contributed by atoms with Gasteiger partial charge in [-0.05, 0) is 60.7 Å². The number of aromatic nitrogens is 1. The van der Waals surface area contributed by atoms with Crippen LogP contribution in [0, 0.1) is 6.92 Å². The number of halogens is 1. The van der Waals surface area contributed by atoms with Gasteiger partial charge in [0, 0.05) is 34.9 Å². The second-order valence-electron chi connectivity index (χ2n) is 6.65. The van der Waals surface area contributed by atoms with Crippen molar-refractivity contribution in [3.63, 3.8) is 0 Å². The summed E-state index contributed by atoms with van der Waals surface area (Å²) >= 11 is 5.87. The fourth-order valence-corrected chi connectivity index (χ4v) is 3.06. The van der Waals surface area contributed by atoms with E-state index in [0.717, 1.165) is 16.5 Å². The van der Waals surface area contributed by atoms with Crippen LogP contribution in [0.1, 0.15) is 17.5 Å². The highest BCUT2D eigenvalue weighted by Crippen LogP contribution is 2.16. The summed E-state index contributed by atoms with van der Waals surface area (Å²) in [5, 5.41) is 13.4. The number of aromatic amines is 1. The lowest BCUT2D eigenvalue weighted by Gasteiger charge is -2.23. The number of hydrogen-bond acceptors (Lipinski definition) is 3. The van der Waals surface area contributed by atoms with Crippen LogP contribution in [0.2, 0.25) is 5.02 Å². The minimum absolute atomic E-state index is 0.0436. The molecule has 146 valence electrons. The van der Waals surface area contributed by atoms with Gasteiger partial charge >= 0.3 is 6.03 Å². The van der Waals surface area contributed by atoms with E-state index in [4.69, 9.17) is 16.7 Å². The molecule has 3 N–H and O–H groups in total. The van der Waals surface area contributed by atoms with Crippen molar-refractivity contribution < 1.29 is 9.90 Å². The maximum Gasteiger partial charge on any atom is 0.322 e. The number of nitrogens with one attached hydrogen (secondary N) is 2. The zero-order chi connectivity index (χ0) is 20.1. The van der Waals surface area contributed by atoms with E-state index in [-0.39, 0.29) is 24.7 Å². The average Bonchev–Trinajstić information content (AvgIpc) is 2.67. The molecular formula is C21H22ClN3O3. The van der Waals surface area contributed by atoms with Gasteiger partial charge in [0.25, 0.3) is 5.56 Å². The minimum Gasteiger partial charge on any atom is -0.396 e. The van der Waals surface area contributed by atoms with Crippen LogP contribution >= 0.6 is 11.6 Å². The van der Waals surface area contributed by atoms with Crippen molar-refractivity contribution in [3.8, 4) is 0 Å². The van der Waals surface area contributed by atoms with E-state index in [2.05, 4.69) is 10.3 Å². The summed E-state index contributed by atoms with van der Waals surface area (Å²) in [6.45, 7) is 2.38. The number of amides is 2. The van der Waals surface area contributed by atoms with Crippen molar-refractivity contribution in [1.29, 1.82) is 0 Å². The fourth-order valence-electron chi connectivity index (χ4n) is 2.93. The van der Waals surface area contributed by atoms with Gasteiger partial charge in [0.2, 0.25) is 0 Å². The molecule has 0 atom stereocenters. The van der Waals surface area contributed by atoms with Crippen molar-refractivity contribution in [2.45, 2.75) is 19.9 Å². The van der Waals surface area contributed by atoms with Crippen molar-refractivity contribution in [2.24, 2.45) is 0 Å². The SMILES string of the molecule is Cc1ccc2cc(CN(CCCO)C(=O)Nc3ccc(Cl)cc3)c(=O)[nH]c2c1. The van der Waals surface area contributed by atoms with Gasteiger partial charge in [-0.2, -0.15) is 0 Å². The summed E-state index contributed by atoms with van der Waals surface area (Å²) in [7, 11) is 0.